The second-order valence-corrected chi connectivity index (χ2v) is 7.00. The molecule has 1 fully saturated rings. The number of hydrogen-bond acceptors (Lipinski definition) is 7. The average Bonchev–Trinajstić information content (AvgIpc) is 2.78. The van der Waals surface area contributed by atoms with Gasteiger partial charge in [0.15, 0.2) is 28.8 Å². The molecule has 1 aliphatic heterocycles. The third-order valence-electron chi connectivity index (χ3n) is 5.28. The number of ketones is 1. The number of methoxy groups -OCH3 is 4. The Morgan fingerprint density at radius 1 is 1.03 bits per heavy atom. The largest absolute Gasteiger partial charge is 0.493 e. The van der Waals surface area contributed by atoms with Gasteiger partial charge in [0.1, 0.15) is 5.69 Å². The van der Waals surface area contributed by atoms with Gasteiger partial charge < -0.3 is 18.9 Å². The molecule has 1 atom stereocenters. The predicted molar refractivity (Wildman–Crippen MR) is 109 cm³/mol. The molecule has 0 radical (unpaired) electrons. The number of rotatable bonds is 8. The van der Waals surface area contributed by atoms with Crippen molar-refractivity contribution in [2.45, 2.75) is 19.4 Å². The molecule has 1 aromatic carbocycles. The van der Waals surface area contributed by atoms with E-state index in [0.717, 1.165) is 25.1 Å². The number of carbonyl (C=O) groups is 1. The summed E-state index contributed by atoms with van der Waals surface area (Å²) in [6, 6.07) is 7.11. The monoisotopic (exact) mass is 400 g/mol. The molecule has 2 heterocycles. The van der Waals surface area contributed by atoms with Crippen molar-refractivity contribution < 1.29 is 23.7 Å². The number of aromatic nitrogens is 1. The number of Topliss-reactive ketones (excluding diaryl/α,β-unsaturated/α-hetero) is 1. The smallest absolute Gasteiger partial charge is 0.183 e. The fourth-order valence-corrected chi connectivity index (χ4v) is 3.81. The fraction of sp³-hybridized carbons (Fsp3) is 0.455. The number of ether oxygens (including phenoxy) is 4. The van der Waals surface area contributed by atoms with Crippen LogP contribution in [0.4, 0.5) is 0 Å². The summed E-state index contributed by atoms with van der Waals surface area (Å²) in [4.78, 5) is 19.8. The number of nitrogens with zero attached hydrogens (tertiary/aromatic N) is 2. The molecular formula is C22H28N2O5. The fourth-order valence-electron chi connectivity index (χ4n) is 3.81. The number of pyridine rings is 1. The van der Waals surface area contributed by atoms with Crippen LogP contribution in [0.15, 0.2) is 30.5 Å². The molecule has 7 nitrogen and oxygen atoms in total. The van der Waals surface area contributed by atoms with E-state index in [2.05, 4.69) is 9.88 Å². The number of likely N-dealkylation sites (tertiary alicyclic amines) is 1. The lowest BCUT2D eigenvalue weighted by molar-refractivity contribution is 0.0808. The molecule has 0 saturated carbocycles. The second-order valence-electron chi connectivity index (χ2n) is 7.00. The van der Waals surface area contributed by atoms with Crippen LogP contribution in [0, 0.1) is 5.92 Å². The molecule has 1 aliphatic rings. The van der Waals surface area contributed by atoms with E-state index in [1.165, 1.54) is 0 Å². The summed E-state index contributed by atoms with van der Waals surface area (Å²) in [5.74, 6) is 2.54. The second kappa shape index (κ2) is 9.60. The van der Waals surface area contributed by atoms with Gasteiger partial charge in [-0.3, -0.25) is 14.7 Å². The van der Waals surface area contributed by atoms with Crippen molar-refractivity contribution in [2.24, 2.45) is 5.92 Å². The van der Waals surface area contributed by atoms with Crippen LogP contribution < -0.4 is 18.9 Å². The third kappa shape index (κ3) is 4.62. The van der Waals surface area contributed by atoms with E-state index >= 15 is 0 Å². The van der Waals surface area contributed by atoms with Crippen molar-refractivity contribution in [3.05, 3.63) is 41.7 Å². The first-order valence-corrected chi connectivity index (χ1v) is 9.65. The minimum absolute atomic E-state index is 0.0709. The van der Waals surface area contributed by atoms with E-state index in [-0.39, 0.29) is 11.7 Å². The topological polar surface area (TPSA) is 70.1 Å². The molecule has 2 aromatic rings. The number of benzene rings is 1. The highest BCUT2D eigenvalue weighted by atomic mass is 16.5. The number of carbonyl (C=O) groups excluding carboxylic acids is 1. The van der Waals surface area contributed by atoms with Gasteiger partial charge in [-0.15, -0.1) is 0 Å². The summed E-state index contributed by atoms with van der Waals surface area (Å²) in [6.07, 6.45) is 3.54. The zero-order valence-corrected chi connectivity index (χ0v) is 17.4. The van der Waals surface area contributed by atoms with Gasteiger partial charge in [-0.2, -0.15) is 0 Å². The Bertz CT molecular complexity index is 855. The van der Waals surface area contributed by atoms with E-state index in [1.54, 1.807) is 58.9 Å². The van der Waals surface area contributed by atoms with Crippen molar-refractivity contribution in [3.8, 4) is 23.0 Å². The van der Waals surface area contributed by atoms with Crippen molar-refractivity contribution >= 4 is 5.78 Å². The quantitative estimate of drug-likeness (QED) is 0.630. The summed E-state index contributed by atoms with van der Waals surface area (Å²) < 4.78 is 21.5. The van der Waals surface area contributed by atoms with Gasteiger partial charge >= 0.3 is 0 Å². The van der Waals surface area contributed by atoms with Gasteiger partial charge in [-0.25, -0.2) is 0 Å². The molecule has 0 unspecified atom stereocenters. The zero-order valence-electron chi connectivity index (χ0n) is 17.4. The minimum atomic E-state index is -0.0709. The molecule has 7 heteroatoms. The van der Waals surface area contributed by atoms with Crippen molar-refractivity contribution in [2.75, 3.05) is 41.5 Å². The van der Waals surface area contributed by atoms with Crippen LogP contribution in [0.1, 0.15) is 28.9 Å². The highest BCUT2D eigenvalue weighted by Gasteiger charge is 2.28. The Labute approximate surface area is 171 Å². The van der Waals surface area contributed by atoms with Crippen LogP contribution in [0.3, 0.4) is 0 Å². The molecule has 1 aromatic heterocycles. The Balaban J connectivity index is 1.73. The summed E-state index contributed by atoms with van der Waals surface area (Å²) in [6.45, 7) is 2.20. The first kappa shape index (κ1) is 20.9. The predicted octanol–water partition coefficient (Wildman–Crippen LogP) is 3.21. The summed E-state index contributed by atoms with van der Waals surface area (Å²) in [5.41, 5.74) is 1.46. The van der Waals surface area contributed by atoms with Gasteiger partial charge in [0, 0.05) is 36.8 Å². The molecule has 0 N–H and O–H groups in total. The first-order chi connectivity index (χ1) is 14.1. The van der Waals surface area contributed by atoms with Crippen LogP contribution in [0.5, 0.6) is 23.0 Å². The maximum Gasteiger partial charge on any atom is 0.183 e. The van der Waals surface area contributed by atoms with Gasteiger partial charge in [0.05, 0.1) is 28.4 Å². The van der Waals surface area contributed by atoms with E-state index in [1.807, 2.05) is 0 Å². The SMILES string of the molecule is COc1ccc(C(=O)[C@@H]2CCCN(Cc3nccc(OC)c3OC)C2)cc1OC. The van der Waals surface area contributed by atoms with Gasteiger partial charge in [-0.1, -0.05) is 0 Å². The molecular weight excluding hydrogens is 372 g/mol. The summed E-state index contributed by atoms with van der Waals surface area (Å²) in [5, 5.41) is 0. The molecule has 0 bridgehead atoms. The lowest BCUT2D eigenvalue weighted by atomic mass is 9.89. The minimum Gasteiger partial charge on any atom is -0.493 e. The molecule has 1 saturated heterocycles. The molecule has 3 rings (SSSR count). The number of hydrogen-bond donors (Lipinski definition) is 0. The van der Waals surface area contributed by atoms with Crippen LogP contribution in [0.25, 0.3) is 0 Å². The van der Waals surface area contributed by atoms with Crippen molar-refractivity contribution in [3.63, 3.8) is 0 Å². The van der Waals surface area contributed by atoms with Gasteiger partial charge in [0.25, 0.3) is 0 Å². The van der Waals surface area contributed by atoms with E-state index in [4.69, 9.17) is 18.9 Å². The standard InChI is InChI=1S/C22H28N2O5/c1-26-18-8-7-15(12-20(18)28-3)21(25)16-6-5-11-24(13-16)14-17-22(29-4)19(27-2)9-10-23-17/h7-10,12,16H,5-6,11,13-14H2,1-4H3/t16-/m1/s1. The highest BCUT2D eigenvalue weighted by molar-refractivity contribution is 5.98. The van der Waals surface area contributed by atoms with Crippen LogP contribution in [0.2, 0.25) is 0 Å². The molecule has 0 aliphatic carbocycles. The first-order valence-electron chi connectivity index (χ1n) is 9.65. The van der Waals surface area contributed by atoms with Gasteiger partial charge in [0.2, 0.25) is 0 Å². The Morgan fingerprint density at radius 2 is 1.79 bits per heavy atom. The summed E-state index contributed by atoms with van der Waals surface area (Å²) >= 11 is 0. The Kier molecular flexibility index (Phi) is 6.93. The molecule has 29 heavy (non-hydrogen) atoms. The lowest BCUT2D eigenvalue weighted by Crippen LogP contribution is -2.38. The summed E-state index contributed by atoms with van der Waals surface area (Å²) in [7, 11) is 6.38. The maximum absolute atomic E-state index is 13.1. The molecule has 0 spiro atoms. The zero-order chi connectivity index (χ0) is 20.8. The van der Waals surface area contributed by atoms with E-state index in [0.29, 0.717) is 41.7 Å². The van der Waals surface area contributed by atoms with Gasteiger partial charge in [-0.05, 0) is 37.6 Å². The third-order valence-corrected chi connectivity index (χ3v) is 5.28. The van der Waals surface area contributed by atoms with Crippen LogP contribution in [-0.4, -0.2) is 57.2 Å². The average molecular weight is 400 g/mol. The maximum atomic E-state index is 13.1. The Morgan fingerprint density at radius 3 is 2.48 bits per heavy atom. The normalized spacial score (nSPS) is 16.9. The van der Waals surface area contributed by atoms with Crippen molar-refractivity contribution in [1.82, 2.24) is 9.88 Å². The number of piperidine rings is 1. The molecule has 156 valence electrons. The Hall–Kier alpha value is -2.80. The van der Waals surface area contributed by atoms with Crippen LogP contribution in [-0.2, 0) is 6.54 Å². The van der Waals surface area contributed by atoms with Crippen LogP contribution >= 0.6 is 0 Å². The van der Waals surface area contributed by atoms with E-state index < -0.39 is 0 Å². The highest BCUT2D eigenvalue weighted by Crippen LogP contribution is 2.32. The van der Waals surface area contributed by atoms with E-state index in [9.17, 15) is 4.79 Å². The molecule has 0 amide bonds. The van der Waals surface area contributed by atoms with Crippen molar-refractivity contribution in [1.29, 1.82) is 0 Å². The lowest BCUT2D eigenvalue weighted by Gasteiger charge is -2.32.